The molecule has 0 aromatic heterocycles. The van der Waals surface area contributed by atoms with Crippen LogP contribution in [0.1, 0.15) is 74.1 Å². The van der Waals surface area contributed by atoms with Gasteiger partial charge in [-0.05, 0) is 51.9 Å². The molecule has 0 spiro atoms. The van der Waals surface area contributed by atoms with Crippen molar-refractivity contribution >= 4 is 55.5 Å². The molecule has 0 aromatic rings. The Hall–Kier alpha value is -3.97. The van der Waals surface area contributed by atoms with Gasteiger partial charge in [0.1, 0.15) is 36.5 Å². The monoisotopic (exact) mass is 736 g/mol. The summed E-state index contributed by atoms with van der Waals surface area (Å²) in [5.74, 6) is -6.37. The van der Waals surface area contributed by atoms with Gasteiger partial charge in [0.25, 0.3) is 0 Å². The first-order valence-corrected chi connectivity index (χ1v) is 17.5. The molecule has 7 atom stereocenters. The number of primary amides is 1. The van der Waals surface area contributed by atoms with Gasteiger partial charge < -0.3 is 57.9 Å². The number of aldehydes is 1. The highest BCUT2D eigenvalue weighted by molar-refractivity contribution is 7.46. The summed E-state index contributed by atoms with van der Waals surface area (Å²) in [6.45, 7) is 9.98. The molecule has 20 nitrogen and oxygen atoms in total. The maximum Gasteiger partial charge on any atom is 0.469 e. The van der Waals surface area contributed by atoms with Crippen LogP contribution in [0.3, 0.4) is 0 Å². The number of hydrogen-bond acceptors (Lipinski definition) is 11. The molecule has 21 heteroatoms. The lowest BCUT2D eigenvalue weighted by molar-refractivity contribution is -0.136. The van der Waals surface area contributed by atoms with E-state index in [-0.39, 0.29) is 37.5 Å². The Bertz CT molecular complexity index is 1260. The van der Waals surface area contributed by atoms with E-state index in [1.165, 1.54) is 20.8 Å². The summed E-state index contributed by atoms with van der Waals surface area (Å²) in [6.07, 6.45) is -0.0995. The molecule has 0 saturated heterocycles. The van der Waals surface area contributed by atoms with E-state index in [1.807, 2.05) is 0 Å². The lowest BCUT2D eigenvalue weighted by Crippen LogP contribution is -2.60. The predicted octanol–water partition coefficient (Wildman–Crippen LogP) is -3.05. The molecular formula is C29H53N8O12P. The van der Waals surface area contributed by atoms with Gasteiger partial charge in [-0.25, -0.2) is 4.57 Å². The Balaban J connectivity index is 6.27. The number of amides is 7. The molecule has 0 aliphatic rings. The first-order valence-electron chi connectivity index (χ1n) is 16.0. The molecule has 12 N–H and O–H groups in total. The van der Waals surface area contributed by atoms with Crippen molar-refractivity contribution in [3.63, 3.8) is 0 Å². The number of carbonyl (C=O) groups is 8. The van der Waals surface area contributed by atoms with Crippen molar-refractivity contribution < 1.29 is 57.2 Å². The molecule has 0 aliphatic heterocycles. The van der Waals surface area contributed by atoms with Crippen LogP contribution in [0.2, 0.25) is 0 Å². The van der Waals surface area contributed by atoms with Crippen LogP contribution >= 0.6 is 7.82 Å². The van der Waals surface area contributed by atoms with E-state index in [0.29, 0.717) is 6.29 Å². The Morgan fingerprint density at radius 2 is 1.08 bits per heavy atom. The molecule has 0 saturated carbocycles. The Morgan fingerprint density at radius 1 is 0.660 bits per heavy atom. The molecule has 0 heterocycles. The molecule has 0 unspecified atom stereocenters. The third-order valence-corrected chi connectivity index (χ3v) is 7.26. The highest BCUT2D eigenvalue weighted by Gasteiger charge is 2.34. The number of phosphoric acid groups is 1. The Morgan fingerprint density at radius 3 is 1.50 bits per heavy atom. The van der Waals surface area contributed by atoms with E-state index in [9.17, 15) is 52.7 Å². The average Bonchev–Trinajstić information content (AvgIpc) is 2.98. The van der Waals surface area contributed by atoms with Gasteiger partial charge in [0.2, 0.25) is 41.4 Å². The number of nitrogens with two attached hydrogens (primary N) is 2. The lowest BCUT2D eigenvalue weighted by atomic mass is 10.0. The molecule has 0 rings (SSSR count). The van der Waals surface area contributed by atoms with Crippen molar-refractivity contribution in [1.29, 1.82) is 0 Å². The molecular weight excluding hydrogens is 683 g/mol. The third-order valence-electron chi connectivity index (χ3n) is 6.77. The highest BCUT2D eigenvalue weighted by Crippen LogP contribution is 2.35. The highest BCUT2D eigenvalue weighted by atomic mass is 31.2. The molecule has 0 aliphatic carbocycles. The van der Waals surface area contributed by atoms with Gasteiger partial charge in [0.15, 0.2) is 0 Å². The Labute approximate surface area is 290 Å². The Kier molecular flexibility index (Phi) is 20.2. The largest absolute Gasteiger partial charge is 0.469 e. The van der Waals surface area contributed by atoms with E-state index in [2.05, 4.69) is 36.4 Å². The summed E-state index contributed by atoms with van der Waals surface area (Å²) in [6, 6.07) is -8.81. The van der Waals surface area contributed by atoms with Gasteiger partial charge in [-0.15, -0.1) is 0 Å². The van der Waals surface area contributed by atoms with Crippen LogP contribution in [0.5, 0.6) is 0 Å². The minimum Gasteiger partial charge on any atom is -0.370 e. The average molecular weight is 737 g/mol. The molecule has 7 amide bonds. The predicted molar refractivity (Wildman–Crippen MR) is 178 cm³/mol. The van der Waals surface area contributed by atoms with Crippen LogP contribution in [0.4, 0.5) is 0 Å². The number of phosphoric ester groups is 1. The number of hydrogen-bond donors (Lipinski definition) is 10. The maximum absolute atomic E-state index is 13.5. The molecule has 286 valence electrons. The normalized spacial score (nSPS) is 15.7. The third kappa shape index (κ3) is 19.3. The van der Waals surface area contributed by atoms with E-state index >= 15 is 0 Å². The van der Waals surface area contributed by atoms with E-state index < -0.39 is 98.1 Å². The minimum absolute atomic E-state index is 0.0243. The second-order valence-corrected chi connectivity index (χ2v) is 14.0. The van der Waals surface area contributed by atoms with Gasteiger partial charge >= 0.3 is 7.82 Å². The van der Waals surface area contributed by atoms with Gasteiger partial charge in [0.05, 0.1) is 18.7 Å². The molecule has 0 aromatic carbocycles. The van der Waals surface area contributed by atoms with Crippen LogP contribution in [-0.4, -0.2) is 106 Å². The van der Waals surface area contributed by atoms with Crippen LogP contribution in [-0.2, 0) is 47.4 Å². The number of carbonyl (C=O) groups excluding carboxylic acids is 8. The van der Waals surface area contributed by atoms with Crippen LogP contribution in [0, 0.1) is 11.8 Å². The fourth-order valence-electron chi connectivity index (χ4n) is 4.20. The fraction of sp³-hybridized carbons (Fsp3) is 0.724. The molecule has 0 radical (unpaired) electrons. The zero-order valence-electron chi connectivity index (χ0n) is 29.4. The van der Waals surface area contributed by atoms with E-state index in [0.717, 1.165) is 0 Å². The zero-order valence-corrected chi connectivity index (χ0v) is 30.3. The van der Waals surface area contributed by atoms with Crippen molar-refractivity contribution in [3.05, 3.63) is 0 Å². The molecule has 0 bridgehead atoms. The van der Waals surface area contributed by atoms with Gasteiger partial charge in [-0.1, -0.05) is 27.7 Å². The van der Waals surface area contributed by atoms with Gasteiger partial charge in [-0.2, -0.15) is 0 Å². The van der Waals surface area contributed by atoms with Gasteiger partial charge in [-0.3, -0.25) is 38.1 Å². The second-order valence-electron chi connectivity index (χ2n) is 12.7. The van der Waals surface area contributed by atoms with E-state index in [4.69, 9.17) is 11.5 Å². The number of rotatable bonds is 23. The first-order chi connectivity index (χ1) is 23.0. The van der Waals surface area contributed by atoms with Crippen molar-refractivity contribution in [3.8, 4) is 0 Å². The smallest absolute Gasteiger partial charge is 0.370 e. The summed E-state index contributed by atoms with van der Waals surface area (Å²) >= 11 is 0. The lowest BCUT2D eigenvalue weighted by Gasteiger charge is -2.28. The van der Waals surface area contributed by atoms with Crippen molar-refractivity contribution in [1.82, 2.24) is 31.9 Å². The summed E-state index contributed by atoms with van der Waals surface area (Å²) in [7, 11) is -5.18. The summed E-state index contributed by atoms with van der Waals surface area (Å²) in [5, 5.41) is 14.3. The summed E-state index contributed by atoms with van der Waals surface area (Å²) < 4.78 is 16.0. The maximum atomic E-state index is 13.5. The van der Waals surface area contributed by atoms with Crippen LogP contribution < -0.4 is 43.4 Å². The molecule has 0 fully saturated rings. The second kappa shape index (κ2) is 22.0. The summed E-state index contributed by atoms with van der Waals surface area (Å²) in [4.78, 5) is 119. The topological polar surface area (TPSA) is 328 Å². The zero-order chi connectivity index (χ0) is 38.9. The van der Waals surface area contributed by atoms with Crippen molar-refractivity contribution in [2.24, 2.45) is 23.3 Å². The van der Waals surface area contributed by atoms with Crippen LogP contribution in [0.25, 0.3) is 0 Å². The van der Waals surface area contributed by atoms with E-state index in [1.54, 1.807) is 27.7 Å². The number of nitrogens with one attached hydrogen (secondary N) is 6. The first kappa shape index (κ1) is 46.0. The SMILES string of the molecule is CC(C)C[C@H](NC(=O)[C@H](C)NC(=O)[C@H](C)N)C(=O)N[C@@H](COP(=O)(O)O)C(=O)N[C@@H](CC(C)C)C(=O)N[C@@H](CCC(N)=O)C(=O)N[C@@H](C)C=O. The molecule has 50 heavy (non-hydrogen) atoms. The summed E-state index contributed by atoms with van der Waals surface area (Å²) in [5.41, 5.74) is 10.7. The van der Waals surface area contributed by atoms with Crippen molar-refractivity contribution in [2.45, 2.75) is 116 Å². The van der Waals surface area contributed by atoms with Gasteiger partial charge in [0, 0.05) is 6.42 Å². The van der Waals surface area contributed by atoms with Crippen molar-refractivity contribution in [2.75, 3.05) is 6.61 Å². The fourth-order valence-corrected chi connectivity index (χ4v) is 4.54. The van der Waals surface area contributed by atoms with Crippen LogP contribution in [0.15, 0.2) is 0 Å². The quantitative estimate of drug-likeness (QED) is 0.0369. The standard InChI is InChI=1S/C29H53N8O12P/c1-14(2)10-20(35-25(41)18(7)33-24(40)17(6)30)28(44)37-22(13-49-50(46,47)48)29(45)36-21(11-15(3)4)27(43)34-19(8-9-23(31)39)26(42)32-16(5)12-38/h12,14-22H,8-11,13,30H2,1-7H3,(H2,31,39)(H,32,42)(H,33,40)(H,34,43)(H,35,41)(H,36,45)(H,37,44)(H2,46,47,48)/t16-,17-,18-,19-,20-,21-,22-/m0/s1. The minimum atomic E-state index is -5.18.